The first-order chi connectivity index (χ1) is 14.4. The Morgan fingerprint density at radius 3 is 2.32 bits per heavy atom. The molecule has 0 heterocycles. The minimum Gasteiger partial charge on any atom is -0.497 e. The van der Waals surface area contributed by atoms with Gasteiger partial charge in [0.05, 0.1) is 7.11 Å². The van der Waals surface area contributed by atoms with Gasteiger partial charge in [-0.05, 0) is 55.3 Å². The zero-order valence-electron chi connectivity index (χ0n) is 18.5. The highest BCUT2D eigenvalue weighted by atomic mass is 35.5. The average Bonchev–Trinajstić information content (AvgIpc) is 2.72. The number of hydrogen-bond acceptors (Lipinski definition) is 4. The lowest BCUT2D eigenvalue weighted by Gasteiger charge is -2.21. The van der Waals surface area contributed by atoms with E-state index < -0.39 is 0 Å². The van der Waals surface area contributed by atoms with Gasteiger partial charge in [-0.25, -0.2) is 0 Å². The summed E-state index contributed by atoms with van der Waals surface area (Å²) in [6.45, 7) is 7.20. The average molecular weight is 443 g/mol. The highest BCUT2D eigenvalue weighted by molar-refractivity contribution is 5.88. The monoisotopic (exact) mass is 442 g/mol. The van der Waals surface area contributed by atoms with Gasteiger partial charge in [0.15, 0.2) is 6.61 Å². The van der Waals surface area contributed by atoms with Crippen LogP contribution in [0, 0.1) is 0 Å². The molecule has 0 saturated carbocycles. The van der Waals surface area contributed by atoms with E-state index in [1.165, 1.54) is 5.56 Å². The molecule has 0 radical (unpaired) electrons. The quantitative estimate of drug-likeness (QED) is 0.523. The lowest BCUT2D eigenvalue weighted by molar-refractivity contribution is -0.124. The zero-order valence-corrected chi connectivity index (χ0v) is 19.3. The van der Waals surface area contributed by atoms with E-state index in [0.717, 1.165) is 34.4 Å². The van der Waals surface area contributed by atoms with E-state index in [2.05, 4.69) is 22.8 Å². The Morgan fingerprint density at radius 2 is 1.65 bits per heavy atom. The summed E-state index contributed by atoms with van der Waals surface area (Å²) in [5.41, 5.74) is 1.93. The Labute approximate surface area is 190 Å². The standard InChI is InChI=1S/C25H30N2O3.ClH/c1-25(2,3)27-24(28)17-30-23-14-11-19-7-5-6-8-21(19)22(23)16-26-15-18-9-12-20(29-4)13-10-18;/h5-14,26H,15-17H2,1-4H3,(H,27,28);1H. The molecule has 0 fully saturated rings. The van der Waals surface area contributed by atoms with Crippen molar-refractivity contribution >= 4 is 29.1 Å². The van der Waals surface area contributed by atoms with E-state index in [0.29, 0.717) is 6.54 Å². The van der Waals surface area contributed by atoms with E-state index >= 15 is 0 Å². The molecule has 0 unspecified atom stereocenters. The number of nitrogens with one attached hydrogen (secondary N) is 2. The van der Waals surface area contributed by atoms with Crippen molar-refractivity contribution in [1.29, 1.82) is 0 Å². The van der Waals surface area contributed by atoms with Crippen LogP contribution < -0.4 is 20.1 Å². The summed E-state index contributed by atoms with van der Waals surface area (Å²) < 4.78 is 11.1. The summed E-state index contributed by atoms with van der Waals surface area (Å²) in [7, 11) is 1.66. The van der Waals surface area contributed by atoms with Gasteiger partial charge in [-0.2, -0.15) is 0 Å². The number of rotatable bonds is 8. The summed E-state index contributed by atoms with van der Waals surface area (Å²) >= 11 is 0. The van der Waals surface area contributed by atoms with Crippen molar-refractivity contribution in [3.63, 3.8) is 0 Å². The van der Waals surface area contributed by atoms with Crippen LogP contribution in [0.2, 0.25) is 0 Å². The number of amides is 1. The summed E-state index contributed by atoms with van der Waals surface area (Å²) in [6, 6.07) is 20.2. The molecule has 0 aliphatic rings. The van der Waals surface area contributed by atoms with Crippen molar-refractivity contribution in [2.45, 2.75) is 39.4 Å². The SMILES string of the molecule is COc1ccc(CNCc2c(OCC(=O)NC(C)(C)C)ccc3ccccc23)cc1.Cl. The first kappa shape index (κ1) is 24.5. The van der Waals surface area contributed by atoms with E-state index in [1.807, 2.05) is 69.3 Å². The number of ether oxygens (including phenoxy) is 2. The molecule has 6 heteroatoms. The molecule has 2 N–H and O–H groups in total. The molecule has 0 aliphatic heterocycles. The molecule has 0 aliphatic carbocycles. The van der Waals surface area contributed by atoms with E-state index in [1.54, 1.807) is 7.11 Å². The van der Waals surface area contributed by atoms with Crippen molar-refractivity contribution < 1.29 is 14.3 Å². The Morgan fingerprint density at radius 1 is 0.935 bits per heavy atom. The van der Waals surface area contributed by atoms with Gasteiger partial charge in [-0.15, -0.1) is 12.4 Å². The Kier molecular flexibility index (Phi) is 8.72. The lowest BCUT2D eigenvalue weighted by atomic mass is 10.0. The van der Waals surface area contributed by atoms with Gasteiger partial charge < -0.3 is 20.1 Å². The molecular weight excluding hydrogens is 412 g/mol. The predicted octanol–water partition coefficient (Wildman–Crippen LogP) is 4.85. The molecule has 3 aromatic rings. The first-order valence-electron chi connectivity index (χ1n) is 10.1. The van der Waals surface area contributed by atoms with E-state index in [4.69, 9.17) is 9.47 Å². The number of benzene rings is 3. The number of halogens is 1. The minimum absolute atomic E-state index is 0. The normalized spacial score (nSPS) is 11.0. The van der Waals surface area contributed by atoms with Crippen molar-refractivity contribution in [3.8, 4) is 11.5 Å². The van der Waals surface area contributed by atoms with Gasteiger partial charge in [0, 0.05) is 24.2 Å². The molecule has 3 aromatic carbocycles. The molecule has 0 atom stereocenters. The highest BCUT2D eigenvalue weighted by Gasteiger charge is 2.15. The topological polar surface area (TPSA) is 59.6 Å². The number of methoxy groups -OCH3 is 1. The van der Waals surface area contributed by atoms with Gasteiger partial charge in [0.25, 0.3) is 5.91 Å². The minimum atomic E-state index is -0.285. The second-order valence-corrected chi connectivity index (χ2v) is 8.30. The fraction of sp³-hybridized carbons (Fsp3) is 0.320. The van der Waals surface area contributed by atoms with Crippen LogP contribution in [0.1, 0.15) is 31.9 Å². The van der Waals surface area contributed by atoms with Crippen LogP contribution in [0.3, 0.4) is 0 Å². The third-order valence-corrected chi connectivity index (χ3v) is 4.66. The Bertz CT molecular complexity index is 998. The zero-order chi connectivity index (χ0) is 21.6. The number of carbonyl (C=O) groups is 1. The molecular formula is C25H31ClN2O3. The second kappa shape index (κ2) is 11.0. The van der Waals surface area contributed by atoms with Crippen molar-refractivity contribution in [2.24, 2.45) is 0 Å². The molecule has 1 amide bonds. The maximum absolute atomic E-state index is 12.2. The van der Waals surface area contributed by atoms with Crippen LogP contribution >= 0.6 is 12.4 Å². The Balaban J connectivity index is 0.00000341. The fourth-order valence-electron chi connectivity index (χ4n) is 3.31. The van der Waals surface area contributed by atoms with Crippen molar-refractivity contribution in [2.75, 3.05) is 13.7 Å². The molecule has 0 spiro atoms. The number of carbonyl (C=O) groups excluding carboxylic acids is 1. The van der Waals surface area contributed by atoms with Gasteiger partial charge in [0.2, 0.25) is 0 Å². The molecule has 0 bridgehead atoms. The highest BCUT2D eigenvalue weighted by Crippen LogP contribution is 2.28. The largest absolute Gasteiger partial charge is 0.497 e. The third kappa shape index (κ3) is 7.16. The van der Waals surface area contributed by atoms with Crippen LogP contribution in [0.25, 0.3) is 10.8 Å². The molecule has 0 saturated heterocycles. The van der Waals surface area contributed by atoms with Gasteiger partial charge in [-0.3, -0.25) is 4.79 Å². The van der Waals surface area contributed by atoms with Crippen molar-refractivity contribution in [1.82, 2.24) is 10.6 Å². The number of fused-ring (bicyclic) bond motifs is 1. The second-order valence-electron chi connectivity index (χ2n) is 8.30. The van der Waals surface area contributed by atoms with Gasteiger partial charge in [0.1, 0.15) is 11.5 Å². The van der Waals surface area contributed by atoms with Crippen LogP contribution in [0.4, 0.5) is 0 Å². The van der Waals surface area contributed by atoms with Crippen molar-refractivity contribution in [3.05, 3.63) is 71.8 Å². The molecule has 166 valence electrons. The van der Waals surface area contributed by atoms with Gasteiger partial charge in [-0.1, -0.05) is 42.5 Å². The Hall–Kier alpha value is -2.76. The van der Waals surface area contributed by atoms with Crippen LogP contribution in [0.15, 0.2) is 60.7 Å². The van der Waals surface area contributed by atoms with E-state index in [-0.39, 0.29) is 30.5 Å². The molecule has 5 nitrogen and oxygen atoms in total. The summed E-state index contributed by atoms with van der Waals surface area (Å²) in [5.74, 6) is 1.44. The van der Waals surface area contributed by atoms with Gasteiger partial charge >= 0.3 is 0 Å². The first-order valence-corrected chi connectivity index (χ1v) is 10.1. The maximum atomic E-state index is 12.2. The third-order valence-electron chi connectivity index (χ3n) is 4.66. The lowest BCUT2D eigenvalue weighted by Crippen LogP contribution is -2.43. The predicted molar refractivity (Wildman–Crippen MR) is 128 cm³/mol. The van der Waals surface area contributed by atoms with Crippen LogP contribution in [-0.4, -0.2) is 25.2 Å². The number of hydrogen-bond donors (Lipinski definition) is 2. The smallest absolute Gasteiger partial charge is 0.258 e. The van der Waals surface area contributed by atoms with Crippen LogP contribution in [0.5, 0.6) is 11.5 Å². The summed E-state index contributed by atoms with van der Waals surface area (Å²) in [5, 5.41) is 8.69. The molecule has 0 aromatic heterocycles. The van der Waals surface area contributed by atoms with Crippen LogP contribution in [-0.2, 0) is 17.9 Å². The fourth-order valence-corrected chi connectivity index (χ4v) is 3.31. The summed E-state index contributed by atoms with van der Waals surface area (Å²) in [4.78, 5) is 12.2. The maximum Gasteiger partial charge on any atom is 0.258 e. The summed E-state index contributed by atoms with van der Waals surface area (Å²) in [6.07, 6.45) is 0. The molecule has 31 heavy (non-hydrogen) atoms. The molecule has 3 rings (SSSR count). The van der Waals surface area contributed by atoms with E-state index in [9.17, 15) is 4.79 Å².